The van der Waals surface area contributed by atoms with Crippen molar-refractivity contribution < 1.29 is 9.21 Å². The SMILES string of the molecule is CCCn1c(NCc2ccccc2)c(/C=C2/SC(=S)N(Cc3ccco3)C2=O)c(C)c(C#N)c1=O. The predicted molar refractivity (Wildman–Crippen MR) is 142 cm³/mol. The summed E-state index contributed by atoms with van der Waals surface area (Å²) in [4.78, 5) is 28.3. The Labute approximate surface area is 213 Å². The van der Waals surface area contributed by atoms with E-state index in [0.717, 1.165) is 5.56 Å². The van der Waals surface area contributed by atoms with Crippen LogP contribution in [0.4, 0.5) is 5.82 Å². The molecule has 3 heterocycles. The van der Waals surface area contributed by atoms with Crippen molar-refractivity contribution in [1.29, 1.82) is 5.26 Å². The van der Waals surface area contributed by atoms with Gasteiger partial charge >= 0.3 is 0 Å². The van der Waals surface area contributed by atoms with E-state index in [-0.39, 0.29) is 23.6 Å². The maximum Gasteiger partial charge on any atom is 0.270 e. The van der Waals surface area contributed by atoms with Crippen LogP contribution in [0.3, 0.4) is 0 Å². The zero-order valence-electron chi connectivity index (χ0n) is 19.4. The van der Waals surface area contributed by atoms with Gasteiger partial charge in [-0.25, -0.2) is 0 Å². The van der Waals surface area contributed by atoms with Crippen LogP contribution in [0.25, 0.3) is 6.08 Å². The van der Waals surface area contributed by atoms with Crippen molar-refractivity contribution >= 4 is 46.1 Å². The van der Waals surface area contributed by atoms with Gasteiger partial charge in [0.2, 0.25) is 0 Å². The van der Waals surface area contributed by atoms with Gasteiger partial charge < -0.3 is 9.73 Å². The number of carbonyl (C=O) groups excluding carboxylic acids is 1. The Hall–Kier alpha value is -3.61. The minimum atomic E-state index is -0.343. The lowest BCUT2D eigenvalue weighted by Crippen LogP contribution is -2.28. The second-order valence-corrected chi connectivity index (χ2v) is 9.69. The van der Waals surface area contributed by atoms with E-state index < -0.39 is 0 Å². The van der Waals surface area contributed by atoms with Gasteiger partial charge in [0.1, 0.15) is 27.5 Å². The van der Waals surface area contributed by atoms with E-state index in [0.29, 0.717) is 51.4 Å². The van der Waals surface area contributed by atoms with Crippen LogP contribution in [0.5, 0.6) is 0 Å². The fraction of sp³-hybridized carbons (Fsp3) is 0.231. The minimum absolute atomic E-state index is 0.0704. The number of hydrogen-bond donors (Lipinski definition) is 1. The highest BCUT2D eigenvalue weighted by molar-refractivity contribution is 8.26. The maximum absolute atomic E-state index is 13.2. The molecule has 3 aromatic rings. The van der Waals surface area contributed by atoms with E-state index in [2.05, 4.69) is 11.4 Å². The molecule has 1 N–H and O–H groups in total. The Kier molecular flexibility index (Phi) is 7.54. The molecule has 4 rings (SSSR count). The number of nitrogens with one attached hydrogen (secondary N) is 1. The molecule has 0 bridgehead atoms. The average molecular weight is 505 g/mol. The average Bonchev–Trinajstić information content (AvgIpc) is 3.46. The van der Waals surface area contributed by atoms with Crippen molar-refractivity contribution in [2.45, 2.75) is 39.9 Å². The lowest BCUT2D eigenvalue weighted by molar-refractivity contribution is -0.122. The molecule has 1 fully saturated rings. The number of rotatable bonds is 8. The zero-order chi connectivity index (χ0) is 24.9. The van der Waals surface area contributed by atoms with Crippen LogP contribution >= 0.6 is 24.0 Å². The first kappa shape index (κ1) is 24.5. The van der Waals surface area contributed by atoms with Crippen molar-refractivity contribution in [3.63, 3.8) is 0 Å². The van der Waals surface area contributed by atoms with Gasteiger partial charge in [-0.1, -0.05) is 61.2 Å². The third-order valence-electron chi connectivity index (χ3n) is 5.67. The molecule has 35 heavy (non-hydrogen) atoms. The first-order valence-electron chi connectivity index (χ1n) is 11.2. The van der Waals surface area contributed by atoms with Gasteiger partial charge in [0.05, 0.1) is 17.7 Å². The quantitative estimate of drug-likeness (QED) is 0.339. The molecule has 0 atom stereocenters. The Morgan fingerprint density at radius 2 is 1.97 bits per heavy atom. The molecule has 2 aromatic heterocycles. The summed E-state index contributed by atoms with van der Waals surface area (Å²) in [6.45, 7) is 4.87. The highest BCUT2D eigenvalue weighted by Crippen LogP contribution is 2.36. The zero-order valence-corrected chi connectivity index (χ0v) is 21.0. The Bertz CT molecular complexity index is 1390. The van der Waals surface area contributed by atoms with Crippen molar-refractivity contribution in [3.05, 3.63) is 92.0 Å². The van der Waals surface area contributed by atoms with Crippen LogP contribution in [0, 0.1) is 18.3 Å². The molecule has 9 heteroatoms. The molecule has 7 nitrogen and oxygen atoms in total. The summed E-state index contributed by atoms with van der Waals surface area (Å²) < 4.78 is 7.39. The number of thioether (sulfide) groups is 1. The van der Waals surface area contributed by atoms with Crippen molar-refractivity contribution in [1.82, 2.24) is 9.47 Å². The van der Waals surface area contributed by atoms with Crippen LogP contribution in [0.15, 0.2) is 62.8 Å². The number of benzene rings is 1. The molecule has 178 valence electrons. The molecule has 0 unspecified atom stereocenters. The summed E-state index contributed by atoms with van der Waals surface area (Å²) in [7, 11) is 0. The molecule has 0 spiro atoms. The number of carbonyl (C=O) groups is 1. The molecule has 0 radical (unpaired) electrons. The predicted octanol–water partition coefficient (Wildman–Crippen LogP) is 5.04. The number of amides is 1. The fourth-order valence-corrected chi connectivity index (χ4v) is 5.13. The smallest absolute Gasteiger partial charge is 0.270 e. The van der Waals surface area contributed by atoms with E-state index in [1.807, 2.05) is 37.3 Å². The molecular weight excluding hydrogens is 480 g/mol. The van der Waals surface area contributed by atoms with Gasteiger partial charge in [-0.2, -0.15) is 5.26 Å². The Morgan fingerprint density at radius 1 is 1.20 bits per heavy atom. The van der Waals surface area contributed by atoms with Gasteiger partial charge in [-0.05, 0) is 42.7 Å². The Morgan fingerprint density at radius 3 is 2.63 bits per heavy atom. The number of aromatic nitrogens is 1. The number of nitriles is 1. The highest BCUT2D eigenvalue weighted by atomic mass is 32.2. The van der Waals surface area contributed by atoms with E-state index in [1.54, 1.807) is 36.0 Å². The highest BCUT2D eigenvalue weighted by Gasteiger charge is 2.33. The number of thiocarbonyl (C=S) groups is 1. The van der Waals surface area contributed by atoms with Crippen LogP contribution in [-0.4, -0.2) is 19.7 Å². The normalized spacial score (nSPS) is 14.5. The summed E-state index contributed by atoms with van der Waals surface area (Å²) in [5.74, 6) is 0.970. The first-order valence-corrected chi connectivity index (χ1v) is 12.4. The van der Waals surface area contributed by atoms with Gasteiger partial charge in [-0.3, -0.25) is 19.1 Å². The molecule has 0 saturated carbocycles. The maximum atomic E-state index is 13.2. The van der Waals surface area contributed by atoms with E-state index in [9.17, 15) is 14.9 Å². The Balaban J connectivity index is 1.79. The molecule has 0 aliphatic carbocycles. The number of furan rings is 1. The van der Waals surface area contributed by atoms with E-state index in [4.69, 9.17) is 16.6 Å². The minimum Gasteiger partial charge on any atom is -0.467 e. The molecule has 1 aliphatic heterocycles. The lowest BCUT2D eigenvalue weighted by atomic mass is 10.0. The van der Waals surface area contributed by atoms with Gasteiger partial charge in [0.15, 0.2) is 0 Å². The fourth-order valence-electron chi connectivity index (χ4n) is 3.90. The first-order chi connectivity index (χ1) is 16.9. The largest absolute Gasteiger partial charge is 0.467 e. The van der Waals surface area contributed by atoms with Crippen LogP contribution in [0.1, 0.15) is 41.4 Å². The number of nitrogens with zero attached hydrogens (tertiary/aromatic N) is 3. The van der Waals surface area contributed by atoms with Crippen molar-refractivity contribution in [3.8, 4) is 6.07 Å². The van der Waals surface area contributed by atoms with Crippen LogP contribution in [0.2, 0.25) is 0 Å². The van der Waals surface area contributed by atoms with Gasteiger partial charge in [-0.15, -0.1) is 0 Å². The summed E-state index contributed by atoms with van der Waals surface area (Å²) in [5, 5.41) is 13.1. The molecule has 1 amide bonds. The van der Waals surface area contributed by atoms with Crippen molar-refractivity contribution in [2.75, 3.05) is 5.32 Å². The molecule has 1 aliphatic rings. The van der Waals surface area contributed by atoms with E-state index in [1.165, 1.54) is 16.7 Å². The molecule has 1 saturated heterocycles. The topological polar surface area (TPSA) is 91.3 Å². The molecular formula is C26H24N4O3S2. The summed E-state index contributed by atoms with van der Waals surface area (Å²) in [6, 6.07) is 15.4. The third-order valence-corrected chi connectivity index (χ3v) is 7.05. The van der Waals surface area contributed by atoms with Gasteiger partial charge in [0.25, 0.3) is 11.5 Å². The summed E-state index contributed by atoms with van der Waals surface area (Å²) in [6.07, 6.45) is 3.99. The monoisotopic (exact) mass is 504 g/mol. The van der Waals surface area contributed by atoms with Crippen LogP contribution in [-0.2, 0) is 24.4 Å². The lowest BCUT2D eigenvalue weighted by Gasteiger charge is -2.20. The van der Waals surface area contributed by atoms with Gasteiger partial charge in [0, 0.05) is 18.7 Å². The van der Waals surface area contributed by atoms with E-state index >= 15 is 0 Å². The second-order valence-electron chi connectivity index (χ2n) is 8.02. The third kappa shape index (κ3) is 5.09. The van der Waals surface area contributed by atoms with Crippen molar-refractivity contribution in [2.24, 2.45) is 0 Å². The van der Waals surface area contributed by atoms with Crippen LogP contribution < -0.4 is 10.9 Å². The summed E-state index contributed by atoms with van der Waals surface area (Å²) in [5.41, 5.74) is 1.92. The second kappa shape index (κ2) is 10.8. The number of anilines is 1. The standard InChI is InChI=1S/C26H24N4O3S2/c1-3-11-29-23(28-15-18-8-5-4-6-9-18)20(17(2)21(14-27)24(29)31)13-22-25(32)30(26(34)35-22)16-19-10-7-12-33-19/h4-10,12-13,28H,3,11,15-16H2,1-2H3/b22-13+. The number of hydrogen-bond acceptors (Lipinski definition) is 7. The summed E-state index contributed by atoms with van der Waals surface area (Å²) >= 11 is 6.66. The number of pyridine rings is 1. The molecule has 1 aromatic carbocycles.